The number of fused-ring (bicyclic) bond motifs is 1. The molecule has 9 rings (SSSR count). The fraction of sp³-hybridized carbons (Fsp3) is 0.289. The average Bonchev–Trinajstić information content (AvgIpc) is 3.85. The van der Waals surface area contributed by atoms with Crippen molar-refractivity contribution in [1.29, 1.82) is 0 Å². The number of halogens is 1. The third-order valence-electron chi connectivity index (χ3n) is 10.5. The minimum absolute atomic E-state index is 0.110. The van der Waals surface area contributed by atoms with Crippen molar-refractivity contribution in [3.8, 4) is 11.3 Å². The van der Waals surface area contributed by atoms with Gasteiger partial charge < -0.3 is 4.74 Å². The Labute approximate surface area is 271 Å². The van der Waals surface area contributed by atoms with Crippen molar-refractivity contribution in [2.24, 2.45) is 35.5 Å². The maximum atomic E-state index is 13.6. The van der Waals surface area contributed by atoms with Crippen molar-refractivity contribution in [3.63, 3.8) is 0 Å². The van der Waals surface area contributed by atoms with E-state index in [1.807, 2.05) is 26.0 Å². The van der Waals surface area contributed by atoms with Gasteiger partial charge in [-0.2, -0.15) is 0 Å². The van der Waals surface area contributed by atoms with Gasteiger partial charge in [-0.3, -0.25) is 19.3 Å². The highest BCUT2D eigenvalue weighted by atomic mass is 35.5. The zero-order valence-corrected chi connectivity index (χ0v) is 26.3. The first-order chi connectivity index (χ1) is 22.1. The SMILES string of the molecule is Cc1ccc(C(=O)C(C)OC(=O)c2cc(-c3ccc(N4C(=O)C5C6C=CC(C7CC67)C5C4=O)cc3)nc3c(C)c(Cl)ccc23)cc1. The van der Waals surface area contributed by atoms with Gasteiger partial charge in [-0.1, -0.05) is 71.8 Å². The van der Waals surface area contributed by atoms with Gasteiger partial charge in [0.15, 0.2) is 6.10 Å². The molecule has 2 bridgehead atoms. The molecule has 7 atom stereocenters. The fourth-order valence-electron chi connectivity index (χ4n) is 7.94. The van der Waals surface area contributed by atoms with Crippen LogP contribution in [-0.2, 0) is 14.3 Å². The molecular formula is C38H31ClN2O5. The van der Waals surface area contributed by atoms with Crippen LogP contribution in [0.2, 0.25) is 5.02 Å². The number of Topliss-reactive ketones (excluding diaryl/α,β-unsaturated/α-hetero) is 1. The minimum Gasteiger partial charge on any atom is -0.451 e. The monoisotopic (exact) mass is 630 g/mol. The summed E-state index contributed by atoms with van der Waals surface area (Å²) in [7, 11) is 0. The molecule has 7 nitrogen and oxygen atoms in total. The lowest BCUT2D eigenvalue weighted by molar-refractivity contribution is -0.124. The van der Waals surface area contributed by atoms with Crippen LogP contribution in [0.5, 0.6) is 0 Å². The Morgan fingerprint density at radius 1 is 0.891 bits per heavy atom. The maximum Gasteiger partial charge on any atom is 0.339 e. The predicted octanol–water partition coefficient (Wildman–Crippen LogP) is 7.16. The number of hydrogen-bond acceptors (Lipinski definition) is 6. The molecule has 2 saturated carbocycles. The lowest BCUT2D eigenvalue weighted by Gasteiger charge is -2.37. The summed E-state index contributed by atoms with van der Waals surface area (Å²) in [5.41, 5.74) is 4.68. The van der Waals surface area contributed by atoms with E-state index in [4.69, 9.17) is 21.3 Å². The number of pyridine rings is 1. The molecule has 230 valence electrons. The van der Waals surface area contributed by atoms with Crippen molar-refractivity contribution >= 4 is 51.8 Å². The zero-order chi connectivity index (χ0) is 32.0. The molecule has 4 aliphatic carbocycles. The van der Waals surface area contributed by atoms with Crippen molar-refractivity contribution in [1.82, 2.24) is 4.98 Å². The lowest BCUT2D eigenvalue weighted by atomic mass is 9.63. The quantitative estimate of drug-likeness (QED) is 0.0971. The van der Waals surface area contributed by atoms with Gasteiger partial charge in [0.05, 0.1) is 34.3 Å². The summed E-state index contributed by atoms with van der Waals surface area (Å²) >= 11 is 6.46. The molecule has 3 fully saturated rings. The molecule has 7 unspecified atom stereocenters. The van der Waals surface area contributed by atoms with E-state index in [1.165, 1.54) is 4.90 Å². The summed E-state index contributed by atoms with van der Waals surface area (Å²) in [5.74, 6) is -0.320. The maximum absolute atomic E-state index is 13.6. The van der Waals surface area contributed by atoms with Gasteiger partial charge in [-0.25, -0.2) is 9.78 Å². The highest BCUT2D eigenvalue weighted by Crippen LogP contribution is 2.65. The van der Waals surface area contributed by atoms with E-state index < -0.39 is 12.1 Å². The highest BCUT2D eigenvalue weighted by molar-refractivity contribution is 6.32. The second-order valence-electron chi connectivity index (χ2n) is 13.1. The minimum atomic E-state index is -1.01. The number of rotatable bonds is 6. The number of aryl methyl sites for hydroxylation is 2. The molecule has 46 heavy (non-hydrogen) atoms. The van der Waals surface area contributed by atoms with Crippen molar-refractivity contribution in [2.75, 3.05) is 4.90 Å². The molecule has 0 radical (unpaired) electrons. The topological polar surface area (TPSA) is 93.6 Å². The number of aromatic nitrogens is 1. The Morgan fingerprint density at radius 2 is 1.52 bits per heavy atom. The van der Waals surface area contributed by atoms with E-state index in [-0.39, 0.29) is 46.8 Å². The Kier molecular flexibility index (Phi) is 6.55. The number of ketones is 1. The number of amides is 2. The molecular weight excluding hydrogens is 600 g/mol. The average molecular weight is 631 g/mol. The van der Waals surface area contributed by atoms with Gasteiger partial charge in [-0.05, 0) is 80.7 Å². The van der Waals surface area contributed by atoms with Crippen molar-refractivity contribution < 1.29 is 23.9 Å². The van der Waals surface area contributed by atoms with E-state index in [2.05, 4.69) is 12.2 Å². The molecule has 4 aromatic rings. The summed E-state index contributed by atoms with van der Waals surface area (Å²) < 4.78 is 5.71. The normalized spacial score (nSPS) is 26.2. The van der Waals surface area contributed by atoms with Crippen LogP contribution >= 0.6 is 11.6 Å². The number of allylic oxidation sites excluding steroid dienone is 2. The summed E-state index contributed by atoms with van der Waals surface area (Å²) in [6.07, 6.45) is 4.44. The molecule has 3 aromatic carbocycles. The largest absolute Gasteiger partial charge is 0.451 e. The number of carbonyl (C=O) groups is 4. The molecule has 1 aromatic heterocycles. The number of esters is 1. The molecule has 2 amide bonds. The van der Waals surface area contributed by atoms with E-state index in [1.54, 1.807) is 61.5 Å². The van der Waals surface area contributed by atoms with Crippen LogP contribution in [0.4, 0.5) is 5.69 Å². The first kappa shape index (κ1) is 28.8. The number of nitrogens with zero attached hydrogens (tertiary/aromatic N) is 2. The first-order valence-corrected chi connectivity index (χ1v) is 16.1. The van der Waals surface area contributed by atoms with E-state index in [0.29, 0.717) is 55.8 Å². The van der Waals surface area contributed by atoms with Crippen LogP contribution in [0.1, 0.15) is 45.2 Å². The molecule has 2 heterocycles. The van der Waals surface area contributed by atoms with Crippen LogP contribution in [0.25, 0.3) is 22.2 Å². The predicted molar refractivity (Wildman–Crippen MR) is 175 cm³/mol. The van der Waals surface area contributed by atoms with Gasteiger partial charge in [0.25, 0.3) is 0 Å². The number of hydrogen-bond donors (Lipinski definition) is 0. The molecule has 1 aliphatic heterocycles. The standard InChI is InChI=1S/C38H31ClN2O5/c1-18-4-6-22(7-5-18)35(42)20(3)46-38(45)29-17-31(40-34-19(2)30(39)15-14-26(29)34)21-8-10-23(11-9-21)41-36(43)32-24-12-13-25(28-16-27(24)28)33(32)37(41)44/h4-15,17,20,24-25,27-28,32-33H,16H2,1-3H3. The Hall–Kier alpha value is -4.62. The van der Waals surface area contributed by atoms with Gasteiger partial charge in [0.2, 0.25) is 17.6 Å². The number of carbonyl (C=O) groups excluding carboxylic acids is 4. The third kappa shape index (κ3) is 4.36. The highest BCUT2D eigenvalue weighted by Gasteiger charge is 2.67. The number of benzene rings is 3. The summed E-state index contributed by atoms with van der Waals surface area (Å²) in [6.45, 7) is 5.33. The van der Waals surface area contributed by atoms with Crippen LogP contribution in [0, 0.1) is 49.4 Å². The van der Waals surface area contributed by atoms with E-state index >= 15 is 0 Å². The summed E-state index contributed by atoms with van der Waals surface area (Å²) in [5, 5.41) is 1.06. The smallest absolute Gasteiger partial charge is 0.339 e. The van der Waals surface area contributed by atoms with Gasteiger partial charge in [0.1, 0.15) is 0 Å². The summed E-state index contributed by atoms with van der Waals surface area (Å²) in [6, 6.07) is 19.3. The zero-order valence-electron chi connectivity index (χ0n) is 25.6. The van der Waals surface area contributed by atoms with E-state index in [9.17, 15) is 19.2 Å². The second-order valence-corrected chi connectivity index (χ2v) is 13.5. The van der Waals surface area contributed by atoms with Crippen LogP contribution in [0.15, 0.2) is 78.9 Å². The van der Waals surface area contributed by atoms with Gasteiger partial charge in [0, 0.05) is 21.5 Å². The summed E-state index contributed by atoms with van der Waals surface area (Å²) in [4.78, 5) is 60.1. The van der Waals surface area contributed by atoms with Crippen LogP contribution in [0.3, 0.4) is 0 Å². The lowest BCUT2D eigenvalue weighted by Crippen LogP contribution is -2.40. The van der Waals surface area contributed by atoms with E-state index in [0.717, 1.165) is 12.0 Å². The molecule has 0 spiro atoms. The molecule has 5 aliphatic rings. The van der Waals surface area contributed by atoms with Crippen LogP contribution in [-0.4, -0.2) is 34.7 Å². The van der Waals surface area contributed by atoms with Crippen molar-refractivity contribution in [3.05, 3.63) is 106 Å². The fourth-order valence-corrected chi connectivity index (χ4v) is 8.10. The van der Waals surface area contributed by atoms with Crippen molar-refractivity contribution in [2.45, 2.75) is 33.3 Å². The first-order valence-electron chi connectivity index (χ1n) is 15.7. The third-order valence-corrected chi connectivity index (χ3v) is 10.9. The van der Waals surface area contributed by atoms with Crippen LogP contribution < -0.4 is 4.90 Å². The Balaban J connectivity index is 1.10. The second kappa shape index (κ2) is 10.5. The Bertz CT molecular complexity index is 1980. The van der Waals surface area contributed by atoms with Gasteiger partial charge in [-0.15, -0.1) is 0 Å². The molecule has 8 heteroatoms. The van der Waals surface area contributed by atoms with Gasteiger partial charge >= 0.3 is 5.97 Å². The number of ether oxygens (including phenoxy) is 1. The Morgan fingerprint density at radius 3 is 2.15 bits per heavy atom. The molecule has 1 saturated heterocycles. The number of imide groups is 1. The molecule has 0 N–H and O–H groups in total. The number of anilines is 1.